The van der Waals surface area contributed by atoms with Crippen LogP contribution >= 0.6 is 0 Å². The molecular formula is C46H46N8O7. The topological polar surface area (TPSA) is 203 Å². The molecule has 2 saturated heterocycles. The van der Waals surface area contributed by atoms with Crippen LogP contribution in [0.2, 0.25) is 0 Å². The lowest BCUT2D eigenvalue weighted by molar-refractivity contribution is -0.136. The van der Waals surface area contributed by atoms with Gasteiger partial charge in [-0.05, 0) is 63.9 Å². The van der Waals surface area contributed by atoms with Crippen LogP contribution in [0.5, 0.6) is 0 Å². The molecule has 61 heavy (non-hydrogen) atoms. The van der Waals surface area contributed by atoms with Crippen LogP contribution in [-0.2, 0) is 19.1 Å². The van der Waals surface area contributed by atoms with Crippen molar-refractivity contribution in [3.63, 3.8) is 0 Å². The fraction of sp³-hybridized carbons (Fsp3) is 0.283. The molecule has 15 heteroatoms. The van der Waals surface area contributed by atoms with Gasteiger partial charge in [0, 0.05) is 18.5 Å². The van der Waals surface area contributed by atoms with Crippen molar-refractivity contribution in [2.75, 3.05) is 20.2 Å². The summed E-state index contributed by atoms with van der Waals surface area (Å²) in [6.07, 6.45) is 3.13. The van der Waals surface area contributed by atoms with Gasteiger partial charge in [-0.25, -0.2) is 19.6 Å². The third kappa shape index (κ3) is 8.44. The van der Waals surface area contributed by atoms with E-state index in [9.17, 15) is 29.1 Å². The number of hydrogen-bond donors (Lipinski definition) is 5. The van der Waals surface area contributed by atoms with E-state index in [1.165, 1.54) is 12.0 Å². The number of benzene rings is 4. The Morgan fingerprint density at radius 1 is 0.754 bits per heavy atom. The fourth-order valence-electron chi connectivity index (χ4n) is 8.32. The third-order valence-corrected chi connectivity index (χ3v) is 11.5. The number of alkyl carbamates (subject to hydrolysis) is 1. The molecule has 0 saturated carbocycles. The van der Waals surface area contributed by atoms with Crippen molar-refractivity contribution in [1.82, 2.24) is 40.4 Å². The Labute approximate surface area is 351 Å². The van der Waals surface area contributed by atoms with E-state index in [0.29, 0.717) is 23.8 Å². The lowest BCUT2D eigenvalue weighted by atomic mass is 9.98. The number of imidazole rings is 2. The van der Waals surface area contributed by atoms with E-state index < -0.39 is 36.2 Å². The number of ether oxygens (including phenoxy) is 1. The SMILES string of the molecule is COC(=O)NC(C(=O)N1CCCC1c1ncc(-c2ccc(-c3ccc4cc(-c5cnc(C6CC(=O)CN6C(=O)C(NC(=O)O)C(C)C)[nH]5)ccc4c3)cc2)[nH]1)c1ccccc1. The number of rotatable bonds is 11. The van der Waals surface area contributed by atoms with Gasteiger partial charge in [0.1, 0.15) is 23.7 Å². The Morgan fingerprint density at radius 2 is 1.36 bits per heavy atom. The Bertz CT molecular complexity index is 2600. The van der Waals surface area contributed by atoms with E-state index >= 15 is 0 Å². The van der Waals surface area contributed by atoms with Crippen molar-refractivity contribution < 1.29 is 33.8 Å². The summed E-state index contributed by atoms with van der Waals surface area (Å²) in [5.74, 6) is 0.0470. The zero-order valence-electron chi connectivity index (χ0n) is 33.9. The van der Waals surface area contributed by atoms with E-state index in [0.717, 1.165) is 57.3 Å². The van der Waals surface area contributed by atoms with Crippen LogP contribution in [0, 0.1) is 5.92 Å². The monoisotopic (exact) mass is 822 g/mol. The molecule has 0 spiro atoms. The highest BCUT2D eigenvalue weighted by Gasteiger charge is 2.41. The first-order chi connectivity index (χ1) is 29.5. The molecule has 312 valence electrons. The number of ketones is 1. The molecule has 0 radical (unpaired) electrons. The summed E-state index contributed by atoms with van der Waals surface area (Å²) in [7, 11) is 1.27. The van der Waals surface area contributed by atoms with Crippen molar-refractivity contribution in [3.8, 4) is 33.6 Å². The largest absolute Gasteiger partial charge is 0.465 e. The second-order valence-electron chi connectivity index (χ2n) is 15.8. The van der Waals surface area contributed by atoms with E-state index in [1.54, 1.807) is 31.1 Å². The van der Waals surface area contributed by atoms with Gasteiger partial charge >= 0.3 is 12.2 Å². The molecule has 15 nitrogen and oxygen atoms in total. The molecule has 6 aromatic rings. The number of nitrogens with one attached hydrogen (secondary N) is 4. The molecule has 4 unspecified atom stereocenters. The maximum absolute atomic E-state index is 13.9. The van der Waals surface area contributed by atoms with Gasteiger partial charge in [0.25, 0.3) is 5.91 Å². The molecule has 8 rings (SSSR count). The minimum Gasteiger partial charge on any atom is -0.465 e. The van der Waals surface area contributed by atoms with Gasteiger partial charge < -0.3 is 40.2 Å². The standard InChI is InChI=1S/C46H46N8O7/c1-26(2)39(51-45(58)59)43(56)54-25-34(55)22-38(54)42-48-24-36(50-42)33-18-17-31-20-30(15-16-32(31)21-33)27-11-13-28(14-12-27)35-23-47-41(49-35)37-10-7-19-53(37)44(57)40(52-46(60)61-3)29-8-5-4-6-9-29/h4-6,8-9,11-18,20-21,23-24,26,37-40,51H,7,10,19,22,25H2,1-3H3,(H,47,49)(H,48,50)(H,52,60)(H,58,59). The first kappa shape index (κ1) is 40.5. The molecule has 4 heterocycles. The number of carboxylic acid groups (broad SMARTS) is 1. The number of H-pyrrole nitrogens is 2. The number of carbonyl (C=O) groups is 5. The van der Waals surface area contributed by atoms with Crippen molar-refractivity contribution in [2.45, 2.75) is 57.3 Å². The number of carbonyl (C=O) groups excluding carboxylic acids is 4. The normalized spacial score (nSPS) is 17.4. The summed E-state index contributed by atoms with van der Waals surface area (Å²) in [4.78, 5) is 82.7. The Balaban J connectivity index is 0.952. The van der Waals surface area contributed by atoms with Gasteiger partial charge in [0.15, 0.2) is 5.78 Å². The first-order valence-corrected chi connectivity index (χ1v) is 20.2. The van der Waals surface area contributed by atoms with Crippen LogP contribution < -0.4 is 10.6 Å². The minimum absolute atomic E-state index is 0.0945. The van der Waals surface area contributed by atoms with Crippen LogP contribution in [-0.4, -0.2) is 90.9 Å². The quantitative estimate of drug-likeness (QED) is 0.0897. The second-order valence-corrected chi connectivity index (χ2v) is 15.8. The minimum atomic E-state index is -1.30. The van der Waals surface area contributed by atoms with Crippen molar-refractivity contribution in [2.24, 2.45) is 5.92 Å². The third-order valence-electron chi connectivity index (χ3n) is 11.5. The Hall–Kier alpha value is -7.29. The highest BCUT2D eigenvalue weighted by molar-refractivity contribution is 5.94. The molecule has 0 bridgehead atoms. The van der Waals surface area contributed by atoms with Gasteiger partial charge in [0.2, 0.25) is 5.91 Å². The van der Waals surface area contributed by atoms with E-state index in [-0.39, 0.29) is 36.6 Å². The van der Waals surface area contributed by atoms with Crippen molar-refractivity contribution in [1.29, 1.82) is 0 Å². The molecule has 2 fully saturated rings. The molecule has 4 amide bonds. The molecular weight excluding hydrogens is 777 g/mol. The van der Waals surface area contributed by atoms with Crippen LogP contribution in [0.3, 0.4) is 0 Å². The fourth-order valence-corrected chi connectivity index (χ4v) is 8.32. The van der Waals surface area contributed by atoms with Crippen LogP contribution in [0.4, 0.5) is 9.59 Å². The zero-order valence-corrected chi connectivity index (χ0v) is 33.9. The number of Topliss-reactive ketones (excluding diaryl/α,β-unsaturated/α-hetero) is 1. The first-order valence-electron chi connectivity index (χ1n) is 20.2. The number of fused-ring (bicyclic) bond motifs is 1. The number of hydrogen-bond acceptors (Lipinski definition) is 8. The van der Waals surface area contributed by atoms with Gasteiger partial charge in [-0.15, -0.1) is 0 Å². The van der Waals surface area contributed by atoms with Crippen molar-refractivity contribution in [3.05, 3.63) is 121 Å². The average Bonchev–Trinajstić information content (AvgIpc) is 4.11. The second kappa shape index (κ2) is 17.1. The molecule has 4 atom stereocenters. The lowest BCUT2D eigenvalue weighted by Gasteiger charge is -2.29. The van der Waals surface area contributed by atoms with Gasteiger partial charge in [0.05, 0.1) is 49.5 Å². The molecule has 0 aliphatic carbocycles. The van der Waals surface area contributed by atoms with Crippen LogP contribution in [0.15, 0.2) is 103 Å². The zero-order chi connectivity index (χ0) is 42.8. The van der Waals surface area contributed by atoms with Crippen molar-refractivity contribution >= 4 is 40.6 Å². The van der Waals surface area contributed by atoms with E-state index in [4.69, 9.17) is 9.72 Å². The molecule has 4 aromatic carbocycles. The summed E-state index contributed by atoms with van der Waals surface area (Å²) < 4.78 is 4.82. The molecule has 5 N–H and O–H groups in total. The lowest BCUT2D eigenvalue weighted by Crippen LogP contribution is -2.51. The number of aromatic amines is 2. The molecule has 2 aliphatic heterocycles. The predicted molar refractivity (Wildman–Crippen MR) is 227 cm³/mol. The summed E-state index contributed by atoms with van der Waals surface area (Å²) >= 11 is 0. The maximum Gasteiger partial charge on any atom is 0.407 e. The maximum atomic E-state index is 13.9. The predicted octanol–water partition coefficient (Wildman–Crippen LogP) is 7.18. The van der Waals surface area contributed by atoms with Crippen LogP contribution in [0.25, 0.3) is 44.4 Å². The average molecular weight is 823 g/mol. The van der Waals surface area contributed by atoms with E-state index in [1.807, 2.05) is 54.6 Å². The number of methoxy groups -OCH3 is 1. The number of nitrogens with zero attached hydrogens (tertiary/aromatic N) is 4. The van der Waals surface area contributed by atoms with Gasteiger partial charge in [-0.2, -0.15) is 0 Å². The number of amides is 4. The van der Waals surface area contributed by atoms with Gasteiger partial charge in [-0.1, -0.05) is 92.7 Å². The Kier molecular flexibility index (Phi) is 11.4. The summed E-state index contributed by atoms with van der Waals surface area (Å²) in [5, 5.41) is 16.4. The number of likely N-dealkylation sites (tertiary alicyclic amines) is 2. The smallest absolute Gasteiger partial charge is 0.407 e. The highest BCUT2D eigenvalue weighted by Crippen LogP contribution is 2.36. The van der Waals surface area contributed by atoms with E-state index in [2.05, 4.69) is 62.0 Å². The summed E-state index contributed by atoms with van der Waals surface area (Å²) in [6.45, 7) is 3.94. The summed E-state index contributed by atoms with van der Waals surface area (Å²) in [6, 6.07) is 26.9. The van der Waals surface area contributed by atoms with Crippen LogP contribution in [0.1, 0.15) is 68.4 Å². The van der Waals surface area contributed by atoms with Gasteiger partial charge in [-0.3, -0.25) is 14.4 Å². The Morgan fingerprint density at radius 3 is 2.02 bits per heavy atom. The molecule has 2 aromatic heterocycles. The highest BCUT2D eigenvalue weighted by atomic mass is 16.5. The molecule has 2 aliphatic rings. The summed E-state index contributed by atoms with van der Waals surface area (Å²) in [5.41, 5.74) is 6.14. The number of aromatic nitrogens is 4.